The largest absolute Gasteiger partial charge is 0.397 e. The number of nitrogen functional groups attached to an aromatic ring is 1. The van der Waals surface area contributed by atoms with Gasteiger partial charge in [-0.15, -0.1) is 0 Å². The summed E-state index contributed by atoms with van der Waals surface area (Å²) < 4.78 is 2.91. The van der Waals surface area contributed by atoms with Crippen molar-refractivity contribution in [1.82, 2.24) is 9.78 Å². The van der Waals surface area contributed by atoms with Gasteiger partial charge in [0.2, 0.25) is 0 Å². The number of rotatable bonds is 4. The van der Waals surface area contributed by atoms with Crippen LogP contribution >= 0.6 is 15.9 Å². The van der Waals surface area contributed by atoms with Gasteiger partial charge in [0.25, 0.3) is 0 Å². The van der Waals surface area contributed by atoms with E-state index in [0.29, 0.717) is 0 Å². The number of nitrogens with zero attached hydrogens (tertiary/aromatic N) is 3. The number of anilines is 2. The number of likely N-dealkylation sites (N-methyl/N-ethyl adjacent to an activating group) is 1. The summed E-state index contributed by atoms with van der Waals surface area (Å²) in [5.74, 6) is 0. The van der Waals surface area contributed by atoms with Gasteiger partial charge in [-0.05, 0) is 24.3 Å². The molecule has 0 spiro atoms. The third-order valence-electron chi connectivity index (χ3n) is 2.62. The molecule has 2 rings (SSSR count). The number of hydrogen-bond acceptors (Lipinski definition) is 3. The van der Waals surface area contributed by atoms with Crippen molar-refractivity contribution in [2.24, 2.45) is 0 Å². The quantitative estimate of drug-likeness (QED) is 0.881. The number of aromatic nitrogens is 2. The molecule has 0 saturated carbocycles. The smallest absolute Gasteiger partial charge is 0.0598 e. The van der Waals surface area contributed by atoms with Gasteiger partial charge in [-0.2, -0.15) is 5.10 Å². The van der Waals surface area contributed by atoms with E-state index < -0.39 is 0 Å². The van der Waals surface area contributed by atoms with Crippen LogP contribution in [0.25, 0.3) is 0 Å². The highest BCUT2D eigenvalue weighted by molar-refractivity contribution is 9.10. The molecule has 5 heteroatoms. The lowest BCUT2D eigenvalue weighted by Crippen LogP contribution is -2.23. The minimum Gasteiger partial charge on any atom is -0.397 e. The Hall–Kier alpha value is -1.49. The van der Waals surface area contributed by atoms with Gasteiger partial charge in [0.1, 0.15) is 0 Å². The van der Waals surface area contributed by atoms with Crippen LogP contribution in [0.3, 0.4) is 0 Å². The number of benzene rings is 1. The van der Waals surface area contributed by atoms with E-state index in [2.05, 4.69) is 25.9 Å². The lowest BCUT2D eigenvalue weighted by Gasteiger charge is -2.21. The van der Waals surface area contributed by atoms with Crippen LogP contribution in [0.2, 0.25) is 0 Å². The van der Waals surface area contributed by atoms with Crippen LogP contribution in [0.5, 0.6) is 0 Å². The van der Waals surface area contributed by atoms with Crippen molar-refractivity contribution in [1.29, 1.82) is 0 Å². The normalized spacial score (nSPS) is 10.5. The SMILES string of the molecule is CN(CCn1cccn1)c1ccc(Br)cc1N. The highest BCUT2D eigenvalue weighted by Crippen LogP contribution is 2.25. The Morgan fingerprint density at radius 1 is 1.47 bits per heavy atom. The van der Waals surface area contributed by atoms with Crippen molar-refractivity contribution in [3.8, 4) is 0 Å². The fourth-order valence-corrected chi connectivity index (χ4v) is 2.06. The molecule has 1 aromatic heterocycles. The summed E-state index contributed by atoms with van der Waals surface area (Å²) in [6.07, 6.45) is 3.74. The van der Waals surface area contributed by atoms with E-state index >= 15 is 0 Å². The number of hydrogen-bond donors (Lipinski definition) is 1. The second kappa shape index (κ2) is 5.23. The summed E-state index contributed by atoms with van der Waals surface area (Å²) in [6.45, 7) is 1.71. The van der Waals surface area contributed by atoms with E-state index in [4.69, 9.17) is 5.73 Å². The van der Waals surface area contributed by atoms with Gasteiger partial charge in [-0.1, -0.05) is 15.9 Å². The Balaban J connectivity index is 2.01. The molecule has 0 atom stereocenters. The predicted octanol–water partition coefficient (Wildman–Crippen LogP) is 2.36. The molecule has 2 aromatic rings. The van der Waals surface area contributed by atoms with Gasteiger partial charge in [0.05, 0.1) is 17.9 Å². The molecule has 0 aliphatic rings. The zero-order valence-corrected chi connectivity index (χ0v) is 11.3. The van der Waals surface area contributed by atoms with Crippen molar-refractivity contribution in [3.05, 3.63) is 41.1 Å². The fourth-order valence-electron chi connectivity index (χ4n) is 1.68. The second-order valence-electron chi connectivity index (χ2n) is 3.89. The molecule has 0 fully saturated rings. The highest BCUT2D eigenvalue weighted by atomic mass is 79.9. The molecule has 0 saturated heterocycles. The molecule has 1 heterocycles. The van der Waals surface area contributed by atoms with Crippen molar-refractivity contribution >= 4 is 27.3 Å². The third-order valence-corrected chi connectivity index (χ3v) is 3.12. The van der Waals surface area contributed by atoms with E-state index in [1.807, 2.05) is 42.2 Å². The standard InChI is InChI=1S/C12H15BrN4/c1-16(7-8-17-6-2-5-15-17)12-4-3-10(13)9-11(12)14/h2-6,9H,7-8,14H2,1H3. The average molecular weight is 295 g/mol. The first-order chi connectivity index (χ1) is 8.16. The van der Waals surface area contributed by atoms with Gasteiger partial charge >= 0.3 is 0 Å². The Bertz CT molecular complexity index is 481. The molecule has 1 aromatic carbocycles. The zero-order valence-electron chi connectivity index (χ0n) is 9.68. The highest BCUT2D eigenvalue weighted by Gasteiger charge is 2.05. The maximum atomic E-state index is 5.98. The van der Waals surface area contributed by atoms with E-state index in [-0.39, 0.29) is 0 Å². The summed E-state index contributed by atoms with van der Waals surface area (Å²) >= 11 is 3.40. The topological polar surface area (TPSA) is 47.1 Å². The molecule has 17 heavy (non-hydrogen) atoms. The van der Waals surface area contributed by atoms with Crippen LogP contribution in [-0.4, -0.2) is 23.4 Å². The van der Waals surface area contributed by atoms with Gasteiger partial charge in [-0.3, -0.25) is 4.68 Å². The zero-order chi connectivity index (χ0) is 12.3. The summed E-state index contributed by atoms with van der Waals surface area (Å²) in [4.78, 5) is 2.13. The van der Waals surface area contributed by atoms with Crippen LogP contribution < -0.4 is 10.6 Å². The Morgan fingerprint density at radius 2 is 2.29 bits per heavy atom. The molecule has 2 N–H and O–H groups in total. The van der Waals surface area contributed by atoms with E-state index in [0.717, 1.165) is 28.9 Å². The maximum absolute atomic E-state index is 5.98. The van der Waals surface area contributed by atoms with Gasteiger partial charge in [-0.25, -0.2) is 0 Å². The van der Waals surface area contributed by atoms with Crippen molar-refractivity contribution < 1.29 is 0 Å². The van der Waals surface area contributed by atoms with Crippen LogP contribution in [-0.2, 0) is 6.54 Å². The van der Waals surface area contributed by atoms with E-state index in [1.54, 1.807) is 6.20 Å². The Kier molecular flexibility index (Phi) is 3.68. The minimum absolute atomic E-state index is 0.780. The van der Waals surface area contributed by atoms with Crippen molar-refractivity contribution in [3.63, 3.8) is 0 Å². The molecule has 0 aliphatic carbocycles. The van der Waals surface area contributed by atoms with Crippen LogP contribution in [0.15, 0.2) is 41.1 Å². The number of halogens is 1. The van der Waals surface area contributed by atoms with Crippen molar-refractivity contribution in [2.45, 2.75) is 6.54 Å². The Labute approximate surface area is 109 Å². The summed E-state index contributed by atoms with van der Waals surface area (Å²) in [5.41, 5.74) is 7.80. The molecular weight excluding hydrogens is 280 g/mol. The molecule has 0 radical (unpaired) electrons. The van der Waals surface area contributed by atoms with Crippen LogP contribution in [0.4, 0.5) is 11.4 Å². The van der Waals surface area contributed by atoms with Crippen LogP contribution in [0.1, 0.15) is 0 Å². The first-order valence-electron chi connectivity index (χ1n) is 5.40. The summed E-state index contributed by atoms with van der Waals surface area (Å²) in [7, 11) is 2.03. The molecule has 0 aliphatic heterocycles. The van der Waals surface area contributed by atoms with Gasteiger partial charge in [0.15, 0.2) is 0 Å². The molecule has 0 unspecified atom stereocenters. The Morgan fingerprint density at radius 3 is 2.94 bits per heavy atom. The second-order valence-corrected chi connectivity index (χ2v) is 4.81. The van der Waals surface area contributed by atoms with Crippen molar-refractivity contribution in [2.75, 3.05) is 24.2 Å². The average Bonchev–Trinajstić information content (AvgIpc) is 2.78. The fraction of sp³-hybridized carbons (Fsp3) is 0.250. The van der Waals surface area contributed by atoms with E-state index in [1.165, 1.54) is 0 Å². The summed E-state index contributed by atoms with van der Waals surface area (Å²) in [5, 5.41) is 4.17. The molecule has 0 amide bonds. The lowest BCUT2D eigenvalue weighted by molar-refractivity contribution is 0.612. The minimum atomic E-state index is 0.780. The molecule has 90 valence electrons. The van der Waals surface area contributed by atoms with Crippen LogP contribution in [0, 0.1) is 0 Å². The maximum Gasteiger partial charge on any atom is 0.0598 e. The molecular formula is C12H15BrN4. The molecule has 4 nitrogen and oxygen atoms in total. The monoisotopic (exact) mass is 294 g/mol. The third kappa shape index (κ3) is 3.00. The molecule has 0 bridgehead atoms. The number of nitrogens with two attached hydrogens (primary N) is 1. The van der Waals surface area contributed by atoms with Gasteiger partial charge in [0, 0.05) is 30.5 Å². The predicted molar refractivity (Wildman–Crippen MR) is 74.1 cm³/mol. The van der Waals surface area contributed by atoms with E-state index in [9.17, 15) is 0 Å². The first-order valence-corrected chi connectivity index (χ1v) is 6.20. The van der Waals surface area contributed by atoms with Gasteiger partial charge < -0.3 is 10.6 Å². The lowest BCUT2D eigenvalue weighted by atomic mass is 10.2. The first kappa shape index (κ1) is 12.0. The summed E-state index contributed by atoms with van der Waals surface area (Å²) in [6, 6.07) is 7.85.